The Morgan fingerprint density at radius 3 is 2.44 bits per heavy atom. The van der Waals surface area contributed by atoms with E-state index < -0.39 is 41.5 Å². The Morgan fingerprint density at radius 1 is 1.18 bits per heavy atom. The van der Waals surface area contributed by atoms with Crippen LogP contribution in [0.1, 0.15) is 62.3 Å². The van der Waals surface area contributed by atoms with Crippen molar-refractivity contribution in [2.45, 2.75) is 70.6 Å². The van der Waals surface area contributed by atoms with Gasteiger partial charge in [0.2, 0.25) is 17.5 Å². The molecule has 39 heavy (non-hydrogen) atoms. The molecule has 0 radical (unpaired) electrons. The molecule has 0 spiro atoms. The summed E-state index contributed by atoms with van der Waals surface area (Å²) in [5.41, 5.74) is 0.329. The first-order valence-corrected chi connectivity index (χ1v) is 12.7. The Morgan fingerprint density at radius 2 is 1.90 bits per heavy atom. The van der Waals surface area contributed by atoms with E-state index in [0.29, 0.717) is 11.5 Å². The largest absolute Gasteiger partial charge is 0.407 e. The van der Waals surface area contributed by atoms with Gasteiger partial charge in [-0.25, -0.2) is 4.98 Å². The summed E-state index contributed by atoms with van der Waals surface area (Å²) < 4.78 is 47.8. The van der Waals surface area contributed by atoms with E-state index in [1.165, 1.54) is 30.6 Å². The summed E-state index contributed by atoms with van der Waals surface area (Å²) in [6.45, 7) is 3.27. The van der Waals surface area contributed by atoms with Crippen LogP contribution in [0, 0.1) is 18.8 Å². The van der Waals surface area contributed by atoms with Gasteiger partial charge in [-0.15, -0.1) is 0 Å². The van der Waals surface area contributed by atoms with Crippen LogP contribution in [0.25, 0.3) is 11.4 Å². The first-order valence-electron chi connectivity index (χ1n) is 12.7. The Hall–Kier alpha value is -3.74. The summed E-state index contributed by atoms with van der Waals surface area (Å²) in [5, 5.41) is 12.5. The van der Waals surface area contributed by atoms with Gasteiger partial charge in [0.1, 0.15) is 18.2 Å². The average molecular weight is 547 g/mol. The molecule has 10 nitrogen and oxygen atoms in total. The van der Waals surface area contributed by atoms with E-state index in [0.717, 1.165) is 12.8 Å². The summed E-state index contributed by atoms with van der Waals surface area (Å²) in [5.74, 6) is -1.73. The molecule has 0 unspecified atom stereocenters. The third-order valence-corrected chi connectivity index (χ3v) is 6.73. The molecule has 2 N–H and O–H groups in total. The lowest BCUT2D eigenvalue weighted by Crippen LogP contribution is -2.47. The number of carbonyl (C=O) groups excluding carboxylic acids is 3. The van der Waals surface area contributed by atoms with Gasteiger partial charge in [-0.05, 0) is 30.7 Å². The predicted octanol–water partition coefficient (Wildman–Crippen LogP) is 3.89. The number of alkyl halides is 3. The second-order valence-electron chi connectivity index (χ2n) is 9.80. The molecule has 1 saturated carbocycles. The zero-order valence-corrected chi connectivity index (χ0v) is 21.5. The van der Waals surface area contributed by atoms with Crippen LogP contribution in [0.4, 0.5) is 13.2 Å². The number of nitrogens with one attached hydrogen (secondary N) is 2. The highest BCUT2D eigenvalue weighted by Gasteiger charge is 2.43. The van der Waals surface area contributed by atoms with E-state index in [4.69, 9.17) is 4.52 Å². The fraction of sp³-hybridized carbons (Fsp3) is 0.500. The molecule has 1 aromatic carbocycles. The van der Waals surface area contributed by atoms with E-state index in [1.54, 1.807) is 13.8 Å². The van der Waals surface area contributed by atoms with Gasteiger partial charge in [0, 0.05) is 37.7 Å². The Bertz CT molecular complexity index is 1290. The van der Waals surface area contributed by atoms with Gasteiger partial charge in [0.15, 0.2) is 11.6 Å². The van der Waals surface area contributed by atoms with Crippen LogP contribution in [0.2, 0.25) is 0 Å². The monoisotopic (exact) mass is 546 g/mol. The zero-order valence-electron chi connectivity index (χ0n) is 21.5. The number of aromatic nitrogens is 5. The molecule has 3 aromatic rings. The number of H-pyrrole nitrogens is 1. The van der Waals surface area contributed by atoms with E-state index in [-0.39, 0.29) is 48.8 Å². The van der Waals surface area contributed by atoms with Gasteiger partial charge in [-0.1, -0.05) is 36.3 Å². The highest BCUT2D eigenvalue weighted by molar-refractivity contribution is 6.38. The minimum Gasteiger partial charge on any atom is -0.339 e. The summed E-state index contributed by atoms with van der Waals surface area (Å²) in [7, 11) is 0. The topological polar surface area (TPSA) is 144 Å². The van der Waals surface area contributed by atoms with Crippen molar-refractivity contribution in [1.29, 1.82) is 0 Å². The first-order chi connectivity index (χ1) is 18.5. The SMILES string of the molecule is CC[C@H](CC(=O)[C@H](Cc1ncn[nH]1)N[C@@H](c1ccc(-c2noc(C)n2)cc1)C(F)(F)F)C(=O)C(=O)CC1CC1. The maximum atomic E-state index is 14.3. The van der Waals surface area contributed by atoms with E-state index >= 15 is 0 Å². The molecule has 1 aliphatic rings. The Kier molecular flexibility index (Phi) is 8.68. The van der Waals surface area contributed by atoms with Crippen molar-refractivity contribution >= 4 is 17.3 Å². The van der Waals surface area contributed by atoms with Crippen LogP contribution in [-0.4, -0.2) is 54.9 Å². The average Bonchev–Trinajstić information content (AvgIpc) is 3.36. The molecule has 3 atom stereocenters. The second kappa shape index (κ2) is 12.0. The molecule has 0 saturated heterocycles. The smallest absolute Gasteiger partial charge is 0.339 e. The number of halogens is 3. The van der Waals surface area contributed by atoms with Crippen LogP contribution in [-0.2, 0) is 20.8 Å². The number of hydrogen-bond acceptors (Lipinski definition) is 9. The lowest BCUT2D eigenvalue weighted by atomic mass is 9.88. The van der Waals surface area contributed by atoms with Crippen molar-refractivity contribution < 1.29 is 32.1 Å². The number of nitrogens with zero attached hydrogens (tertiary/aromatic N) is 4. The molecule has 0 amide bonds. The van der Waals surface area contributed by atoms with E-state index in [9.17, 15) is 27.6 Å². The molecule has 208 valence electrons. The predicted molar refractivity (Wildman–Crippen MR) is 131 cm³/mol. The number of Topliss-reactive ketones (excluding diaryl/α,β-unsaturated/α-hetero) is 3. The molecule has 13 heteroatoms. The third kappa shape index (κ3) is 7.43. The number of ketones is 3. The van der Waals surface area contributed by atoms with Gasteiger partial charge in [0.05, 0.1) is 6.04 Å². The molecular weight excluding hydrogens is 517 g/mol. The molecule has 4 rings (SSSR count). The number of rotatable bonds is 14. The quantitative estimate of drug-likeness (QED) is 0.288. The van der Waals surface area contributed by atoms with E-state index in [1.807, 2.05) is 0 Å². The number of carbonyl (C=O) groups is 3. The van der Waals surface area contributed by atoms with Gasteiger partial charge >= 0.3 is 6.18 Å². The standard InChI is InChI=1S/C26H29F3N6O4/c1-3-16(23(38)21(37)10-15-4-5-15)11-20(36)19(12-22-30-13-31-34-22)33-24(26(27,28)29)17-6-8-18(9-7-17)25-32-14(2)39-35-25/h6-9,13,15-16,19,24,33H,3-5,10-12H2,1-2H3,(H,30,31,34)/t16-,19+,24+/m1/s1. The Balaban J connectivity index is 1.55. The highest BCUT2D eigenvalue weighted by atomic mass is 19.4. The third-order valence-electron chi connectivity index (χ3n) is 6.73. The van der Waals surface area contributed by atoms with Crippen molar-refractivity contribution in [3.8, 4) is 11.4 Å². The number of benzene rings is 1. The minimum atomic E-state index is -4.76. The van der Waals surface area contributed by atoms with Crippen LogP contribution < -0.4 is 5.32 Å². The van der Waals surface area contributed by atoms with Gasteiger partial charge in [-0.2, -0.15) is 23.3 Å². The molecule has 2 aromatic heterocycles. The second-order valence-corrected chi connectivity index (χ2v) is 9.80. The minimum absolute atomic E-state index is 0.135. The normalized spacial score (nSPS) is 16.0. The molecule has 1 aliphatic carbocycles. The summed E-state index contributed by atoms with van der Waals surface area (Å²) >= 11 is 0. The van der Waals surface area contributed by atoms with Crippen LogP contribution in [0.5, 0.6) is 0 Å². The van der Waals surface area contributed by atoms with E-state index in [2.05, 4.69) is 30.6 Å². The Labute approximate surface area is 222 Å². The maximum absolute atomic E-state index is 14.3. The number of aromatic amines is 1. The molecule has 0 bridgehead atoms. The molecule has 2 heterocycles. The summed E-state index contributed by atoms with van der Waals surface area (Å²) in [6, 6.07) is 1.86. The molecule has 0 aliphatic heterocycles. The van der Waals surface area contributed by atoms with Crippen molar-refractivity contribution in [1.82, 2.24) is 30.6 Å². The lowest BCUT2D eigenvalue weighted by Gasteiger charge is -2.27. The first kappa shape index (κ1) is 28.3. The van der Waals surface area contributed by atoms with Crippen molar-refractivity contribution in [3.63, 3.8) is 0 Å². The number of hydrogen-bond donors (Lipinski definition) is 2. The fourth-order valence-electron chi connectivity index (χ4n) is 4.33. The van der Waals surface area contributed by atoms with Crippen LogP contribution >= 0.6 is 0 Å². The highest BCUT2D eigenvalue weighted by Crippen LogP contribution is 2.35. The zero-order chi connectivity index (χ0) is 28.2. The maximum Gasteiger partial charge on any atom is 0.407 e. The molecular formula is C26H29F3N6O4. The van der Waals surface area contributed by atoms with Crippen LogP contribution in [0.3, 0.4) is 0 Å². The van der Waals surface area contributed by atoms with Crippen LogP contribution in [0.15, 0.2) is 35.1 Å². The van der Waals surface area contributed by atoms with Gasteiger partial charge in [0.25, 0.3) is 0 Å². The lowest BCUT2D eigenvalue weighted by molar-refractivity contribution is -0.161. The molecule has 1 fully saturated rings. The van der Waals surface area contributed by atoms with Crippen molar-refractivity contribution in [3.05, 3.63) is 47.9 Å². The van der Waals surface area contributed by atoms with Crippen molar-refractivity contribution in [2.75, 3.05) is 0 Å². The fourth-order valence-corrected chi connectivity index (χ4v) is 4.33. The van der Waals surface area contributed by atoms with Crippen molar-refractivity contribution in [2.24, 2.45) is 11.8 Å². The van der Waals surface area contributed by atoms with Gasteiger partial charge in [-0.3, -0.25) is 24.8 Å². The number of aryl methyl sites for hydroxylation is 1. The summed E-state index contributed by atoms with van der Waals surface area (Å²) in [4.78, 5) is 46.5. The van der Waals surface area contributed by atoms with Gasteiger partial charge < -0.3 is 4.52 Å². The summed E-state index contributed by atoms with van der Waals surface area (Å²) in [6.07, 6.45) is -1.99.